The van der Waals surface area contributed by atoms with Crippen molar-refractivity contribution in [1.29, 1.82) is 0 Å². The van der Waals surface area contributed by atoms with Crippen LogP contribution in [0.25, 0.3) is 39.3 Å². The van der Waals surface area contributed by atoms with Gasteiger partial charge in [0.2, 0.25) is 5.91 Å². The van der Waals surface area contributed by atoms with Crippen LogP contribution in [0.5, 0.6) is 0 Å². The maximum absolute atomic E-state index is 13.7. The van der Waals surface area contributed by atoms with Gasteiger partial charge in [-0.1, -0.05) is 12.1 Å². The molecule has 188 valence electrons. The quantitative estimate of drug-likeness (QED) is 0.304. The van der Waals surface area contributed by atoms with Crippen LogP contribution in [0.1, 0.15) is 23.4 Å². The Labute approximate surface area is 217 Å². The third-order valence-electron chi connectivity index (χ3n) is 6.59. The summed E-state index contributed by atoms with van der Waals surface area (Å²) in [6.07, 6.45) is 4.27. The van der Waals surface area contributed by atoms with Gasteiger partial charge in [-0.2, -0.15) is 5.10 Å². The number of nitrogens with zero attached hydrogens (tertiary/aromatic N) is 5. The molecule has 0 saturated heterocycles. The molecule has 0 fully saturated rings. The molecule has 0 bridgehead atoms. The van der Waals surface area contributed by atoms with Crippen LogP contribution in [-0.2, 0) is 11.2 Å². The molecule has 4 heterocycles. The van der Waals surface area contributed by atoms with E-state index in [-0.39, 0.29) is 18.1 Å². The molecule has 6 rings (SSSR count). The van der Waals surface area contributed by atoms with Crippen LogP contribution in [0.4, 0.5) is 10.1 Å². The standard InChI is InChI=1S/C29H24FN7O/c1-17-23(18(2)37-27(32-17)15-25(36-37)19-5-3-7-21(30)13-19)9-11-28(38)33-22-8-10-24-26(14-22)35-29(34-24)20-6-4-12-31-16-20/h3-8,10,12-16H,9,11H2,1-2H3,(H,33,38)(H,34,35). The molecule has 38 heavy (non-hydrogen) atoms. The van der Waals surface area contributed by atoms with Crippen molar-refractivity contribution < 1.29 is 9.18 Å². The first-order valence-electron chi connectivity index (χ1n) is 12.3. The van der Waals surface area contributed by atoms with Gasteiger partial charge in [-0.3, -0.25) is 9.78 Å². The summed E-state index contributed by atoms with van der Waals surface area (Å²) in [7, 11) is 0. The van der Waals surface area contributed by atoms with Gasteiger partial charge in [0.15, 0.2) is 5.65 Å². The number of carbonyl (C=O) groups is 1. The molecule has 0 aliphatic carbocycles. The summed E-state index contributed by atoms with van der Waals surface area (Å²) in [6, 6.07) is 17.6. The van der Waals surface area contributed by atoms with E-state index in [0.29, 0.717) is 29.0 Å². The summed E-state index contributed by atoms with van der Waals surface area (Å²) in [4.78, 5) is 29.6. The minimum absolute atomic E-state index is 0.101. The highest BCUT2D eigenvalue weighted by molar-refractivity contribution is 5.93. The molecule has 0 atom stereocenters. The summed E-state index contributed by atoms with van der Waals surface area (Å²) >= 11 is 0. The molecule has 0 saturated carbocycles. The van der Waals surface area contributed by atoms with Crippen LogP contribution < -0.4 is 5.32 Å². The molecule has 8 nitrogen and oxygen atoms in total. The van der Waals surface area contributed by atoms with Crippen LogP contribution in [0, 0.1) is 19.7 Å². The Hall–Kier alpha value is -4.92. The number of fused-ring (bicyclic) bond motifs is 2. The summed E-state index contributed by atoms with van der Waals surface area (Å²) in [6.45, 7) is 3.89. The Bertz CT molecular complexity index is 1810. The summed E-state index contributed by atoms with van der Waals surface area (Å²) in [5, 5.41) is 7.63. The summed E-state index contributed by atoms with van der Waals surface area (Å²) < 4.78 is 15.5. The van der Waals surface area contributed by atoms with Gasteiger partial charge < -0.3 is 10.3 Å². The molecule has 0 unspecified atom stereocenters. The topological polar surface area (TPSA) is 101 Å². The van der Waals surface area contributed by atoms with Crippen LogP contribution in [0.2, 0.25) is 0 Å². The van der Waals surface area contributed by atoms with Crippen LogP contribution in [0.15, 0.2) is 73.1 Å². The molecule has 9 heteroatoms. The van der Waals surface area contributed by atoms with Crippen molar-refractivity contribution in [2.75, 3.05) is 5.32 Å². The van der Waals surface area contributed by atoms with Crippen molar-refractivity contribution in [3.05, 3.63) is 95.8 Å². The molecule has 0 aliphatic heterocycles. The first-order valence-corrected chi connectivity index (χ1v) is 12.3. The average molecular weight is 506 g/mol. The molecule has 6 aromatic rings. The highest BCUT2D eigenvalue weighted by Crippen LogP contribution is 2.25. The van der Waals surface area contributed by atoms with E-state index in [1.807, 2.05) is 56.3 Å². The van der Waals surface area contributed by atoms with Gasteiger partial charge in [-0.05, 0) is 68.3 Å². The predicted molar refractivity (Wildman–Crippen MR) is 144 cm³/mol. The van der Waals surface area contributed by atoms with Gasteiger partial charge in [0.25, 0.3) is 0 Å². The number of hydrogen-bond donors (Lipinski definition) is 2. The molecular weight excluding hydrogens is 481 g/mol. The molecule has 1 amide bonds. The number of imidazole rings is 1. The smallest absolute Gasteiger partial charge is 0.224 e. The zero-order valence-electron chi connectivity index (χ0n) is 20.9. The van der Waals surface area contributed by atoms with E-state index in [2.05, 4.69) is 30.4 Å². The maximum Gasteiger partial charge on any atom is 0.224 e. The monoisotopic (exact) mass is 505 g/mol. The molecule has 0 radical (unpaired) electrons. The molecular formula is C29H24FN7O. The van der Waals surface area contributed by atoms with Gasteiger partial charge >= 0.3 is 0 Å². The third-order valence-corrected chi connectivity index (χ3v) is 6.59. The number of rotatable bonds is 6. The highest BCUT2D eigenvalue weighted by Gasteiger charge is 2.15. The Morgan fingerprint density at radius 2 is 1.89 bits per heavy atom. The van der Waals surface area contributed by atoms with E-state index in [9.17, 15) is 9.18 Å². The lowest BCUT2D eigenvalue weighted by molar-refractivity contribution is -0.116. The van der Waals surface area contributed by atoms with Crippen molar-refractivity contribution in [1.82, 2.24) is 29.5 Å². The van der Waals surface area contributed by atoms with Crippen molar-refractivity contribution in [3.8, 4) is 22.6 Å². The highest BCUT2D eigenvalue weighted by atomic mass is 19.1. The number of anilines is 1. The first kappa shape index (κ1) is 23.5. The van der Waals surface area contributed by atoms with Crippen LogP contribution in [0.3, 0.4) is 0 Å². The summed E-state index contributed by atoms with van der Waals surface area (Å²) in [5.41, 5.74) is 7.96. The van der Waals surface area contributed by atoms with Gasteiger partial charge in [0.1, 0.15) is 11.6 Å². The number of aromatic nitrogens is 6. The lowest BCUT2D eigenvalue weighted by atomic mass is 10.1. The second kappa shape index (κ2) is 9.51. The van der Waals surface area contributed by atoms with E-state index in [4.69, 9.17) is 0 Å². The number of halogens is 1. The predicted octanol–water partition coefficient (Wildman–Crippen LogP) is 5.66. The fourth-order valence-corrected chi connectivity index (χ4v) is 4.67. The largest absolute Gasteiger partial charge is 0.338 e. The minimum Gasteiger partial charge on any atom is -0.338 e. The molecule has 4 aromatic heterocycles. The number of aromatic amines is 1. The second-order valence-electron chi connectivity index (χ2n) is 9.18. The zero-order valence-corrected chi connectivity index (χ0v) is 20.9. The molecule has 2 N–H and O–H groups in total. The third kappa shape index (κ3) is 4.50. The molecule has 2 aromatic carbocycles. The van der Waals surface area contributed by atoms with Gasteiger partial charge in [0.05, 0.1) is 16.7 Å². The van der Waals surface area contributed by atoms with E-state index in [1.165, 1.54) is 12.1 Å². The van der Waals surface area contributed by atoms with Gasteiger partial charge in [0, 0.05) is 53.1 Å². The number of amides is 1. The van der Waals surface area contributed by atoms with Crippen LogP contribution in [-0.4, -0.2) is 35.5 Å². The van der Waals surface area contributed by atoms with E-state index in [0.717, 1.165) is 39.4 Å². The van der Waals surface area contributed by atoms with Crippen molar-refractivity contribution >= 4 is 28.3 Å². The molecule has 0 spiro atoms. The maximum atomic E-state index is 13.7. The SMILES string of the molecule is Cc1nc2cc(-c3cccc(F)c3)nn2c(C)c1CCC(=O)Nc1ccc2nc(-c3cccnc3)[nH]c2c1. The van der Waals surface area contributed by atoms with Crippen molar-refractivity contribution in [2.24, 2.45) is 0 Å². The normalized spacial score (nSPS) is 11.3. The molecule has 0 aliphatic rings. The second-order valence-corrected chi connectivity index (χ2v) is 9.18. The van der Waals surface area contributed by atoms with E-state index >= 15 is 0 Å². The van der Waals surface area contributed by atoms with Crippen molar-refractivity contribution in [2.45, 2.75) is 26.7 Å². The van der Waals surface area contributed by atoms with E-state index < -0.39 is 0 Å². The lowest BCUT2D eigenvalue weighted by Crippen LogP contribution is -2.14. The zero-order chi connectivity index (χ0) is 26.2. The average Bonchev–Trinajstić information content (AvgIpc) is 3.53. The fraction of sp³-hybridized carbons (Fsp3) is 0.138. The Morgan fingerprint density at radius 1 is 1.03 bits per heavy atom. The Morgan fingerprint density at radius 3 is 2.71 bits per heavy atom. The Balaban J connectivity index is 1.18. The van der Waals surface area contributed by atoms with Gasteiger partial charge in [-0.25, -0.2) is 18.9 Å². The van der Waals surface area contributed by atoms with Gasteiger partial charge in [-0.15, -0.1) is 0 Å². The number of nitrogens with one attached hydrogen (secondary N) is 2. The first-order chi connectivity index (χ1) is 18.4. The number of pyridine rings is 1. The minimum atomic E-state index is -0.312. The van der Waals surface area contributed by atoms with Crippen LogP contribution >= 0.6 is 0 Å². The number of hydrogen-bond acceptors (Lipinski definition) is 5. The van der Waals surface area contributed by atoms with E-state index in [1.54, 1.807) is 23.0 Å². The number of H-pyrrole nitrogens is 1. The van der Waals surface area contributed by atoms with Crippen molar-refractivity contribution in [3.63, 3.8) is 0 Å². The Kier molecular flexibility index (Phi) is 5.88. The number of carbonyl (C=O) groups excluding carboxylic acids is 1. The number of benzene rings is 2. The number of aryl methyl sites for hydroxylation is 2. The fourth-order valence-electron chi connectivity index (χ4n) is 4.67. The lowest BCUT2D eigenvalue weighted by Gasteiger charge is -2.11. The summed E-state index contributed by atoms with van der Waals surface area (Å²) in [5.74, 6) is 0.313.